The third-order valence-corrected chi connectivity index (χ3v) is 4.95. The van der Waals surface area contributed by atoms with Crippen LogP contribution in [-0.2, 0) is 0 Å². The van der Waals surface area contributed by atoms with Crippen molar-refractivity contribution in [1.29, 1.82) is 0 Å². The number of rotatable bonds is 2. The lowest BCUT2D eigenvalue weighted by Crippen LogP contribution is -2.37. The summed E-state index contributed by atoms with van der Waals surface area (Å²) in [6.45, 7) is 0. The SMILES string of the molecule is CNC1CCCCCC1C1CCCCCC1. The minimum absolute atomic E-state index is 0.825. The van der Waals surface area contributed by atoms with E-state index in [9.17, 15) is 0 Å². The summed E-state index contributed by atoms with van der Waals surface area (Å²) in [5.74, 6) is 2.03. The van der Waals surface area contributed by atoms with Gasteiger partial charge in [-0.25, -0.2) is 0 Å². The summed E-state index contributed by atoms with van der Waals surface area (Å²) < 4.78 is 0. The molecule has 0 amide bonds. The van der Waals surface area contributed by atoms with E-state index in [1.807, 2.05) is 0 Å². The first-order chi connectivity index (χ1) is 7.92. The molecule has 1 nitrogen and oxygen atoms in total. The minimum atomic E-state index is 0.825. The molecule has 2 rings (SSSR count). The number of hydrogen-bond donors (Lipinski definition) is 1. The van der Waals surface area contributed by atoms with Gasteiger partial charge in [0.1, 0.15) is 0 Å². The Morgan fingerprint density at radius 3 is 1.94 bits per heavy atom. The lowest BCUT2D eigenvalue weighted by Gasteiger charge is -2.32. The highest BCUT2D eigenvalue weighted by Crippen LogP contribution is 2.36. The van der Waals surface area contributed by atoms with Gasteiger partial charge >= 0.3 is 0 Å². The second-order valence-corrected chi connectivity index (χ2v) is 5.95. The maximum absolute atomic E-state index is 3.61. The van der Waals surface area contributed by atoms with Gasteiger partial charge in [0.05, 0.1) is 0 Å². The van der Waals surface area contributed by atoms with Crippen molar-refractivity contribution in [2.24, 2.45) is 11.8 Å². The van der Waals surface area contributed by atoms with Crippen molar-refractivity contribution < 1.29 is 0 Å². The van der Waals surface area contributed by atoms with Crippen molar-refractivity contribution >= 4 is 0 Å². The normalized spacial score (nSPS) is 34.3. The summed E-state index contributed by atoms with van der Waals surface area (Å²) in [5.41, 5.74) is 0. The third kappa shape index (κ3) is 3.23. The first-order valence-corrected chi connectivity index (χ1v) is 7.59. The molecule has 2 unspecified atom stereocenters. The smallest absolute Gasteiger partial charge is 0.00949 e. The Labute approximate surface area is 101 Å². The summed E-state index contributed by atoms with van der Waals surface area (Å²) >= 11 is 0. The molecule has 0 saturated heterocycles. The van der Waals surface area contributed by atoms with Gasteiger partial charge in [-0.05, 0) is 31.7 Å². The molecule has 0 aromatic heterocycles. The lowest BCUT2D eigenvalue weighted by atomic mass is 9.78. The molecule has 0 bridgehead atoms. The van der Waals surface area contributed by atoms with Crippen molar-refractivity contribution in [2.75, 3.05) is 7.05 Å². The fraction of sp³-hybridized carbons (Fsp3) is 1.00. The Balaban J connectivity index is 1.96. The van der Waals surface area contributed by atoms with Crippen molar-refractivity contribution in [3.05, 3.63) is 0 Å². The van der Waals surface area contributed by atoms with Crippen LogP contribution in [-0.4, -0.2) is 13.1 Å². The molecule has 0 heterocycles. The average molecular weight is 223 g/mol. The van der Waals surface area contributed by atoms with Crippen LogP contribution in [0.4, 0.5) is 0 Å². The molecular weight excluding hydrogens is 194 g/mol. The van der Waals surface area contributed by atoms with Crippen LogP contribution >= 0.6 is 0 Å². The molecule has 2 aliphatic rings. The molecule has 0 aromatic carbocycles. The third-order valence-electron chi connectivity index (χ3n) is 4.95. The summed E-state index contributed by atoms with van der Waals surface area (Å²) in [6.07, 6.45) is 16.4. The summed E-state index contributed by atoms with van der Waals surface area (Å²) in [5, 5.41) is 3.61. The van der Waals surface area contributed by atoms with Gasteiger partial charge in [0, 0.05) is 6.04 Å². The molecular formula is C15H29N. The van der Waals surface area contributed by atoms with E-state index in [2.05, 4.69) is 12.4 Å². The van der Waals surface area contributed by atoms with Gasteiger partial charge in [-0.3, -0.25) is 0 Å². The highest BCUT2D eigenvalue weighted by molar-refractivity contribution is 4.84. The molecule has 0 spiro atoms. The fourth-order valence-electron chi connectivity index (χ4n) is 4.00. The van der Waals surface area contributed by atoms with E-state index in [4.69, 9.17) is 0 Å². The molecule has 2 saturated carbocycles. The van der Waals surface area contributed by atoms with Crippen LogP contribution in [0.3, 0.4) is 0 Å². The highest BCUT2D eigenvalue weighted by atomic mass is 14.9. The largest absolute Gasteiger partial charge is 0.317 e. The van der Waals surface area contributed by atoms with Crippen LogP contribution in [0.1, 0.15) is 70.6 Å². The fourth-order valence-corrected chi connectivity index (χ4v) is 4.00. The number of nitrogens with one attached hydrogen (secondary N) is 1. The van der Waals surface area contributed by atoms with E-state index < -0.39 is 0 Å². The van der Waals surface area contributed by atoms with Crippen LogP contribution in [0.5, 0.6) is 0 Å². The lowest BCUT2D eigenvalue weighted by molar-refractivity contribution is 0.220. The van der Waals surface area contributed by atoms with Crippen LogP contribution in [0.25, 0.3) is 0 Å². The van der Waals surface area contributed by atoms with Crippen molar-refractivity contribution in [3.8, 4) is 0 Å². The van der Waals surface area contributed by atoms with Gasteiger partial charge in [0.25, 0.3) is 0 Å². The monoisotopic (exact) mass is 223 g/mol. The maximum Gasteiger partial charge on any atom is 0.00949 e. The molecule has 0 aromatic rings. The molecule has 94 valence electrons. The second-order valence-electron chi connectivity index (χ2n) is 5.95. The molecule has 0 aliphatic heterocycles. The van der Waals surface area contributed by atoms with Crippen molar-refractivity contribution in [3.63, 3.8) is 0 Å². The molecule has 2 fully saturated rings. The highest BCUT2D eigenvalue weighted by Gasteiger charge is 2.29. The number of hydrogen-bond acceptors (Lipinski definition) is 1. The van der Waals surface area contributed by atoms with Gasteiger partial charge in [0.15, 0.2) is 0 Å². The van der Waals surface area contributed by atoms with E-state index in [1.54, 1.807) is 0 Å². The average Bonchev–Trinajstić information content (AvgIpc) is 2.70. The molecule has 1 N–H and O–H groups in total. The molecule has 2 atom stereocenters. The second kappa shape index (κ2) is 6.64. The minimum Gasteiger partial charge on any atom is -0.317 e. The van der Waals surface area contributed by atoms with E-state index in [1.165, 1.54) is 70.6 Å². The van der Waals surface area contributed by atoms with Crippen LogP contribution in [0, 0.1) is 11.8 Å². The topological polar surface area (TPSA) is 12.0 Å². The van der Waals surface area contributed by atoms with Crippen molar-refractivity contribution in [1.82, 2.24) is 5.32 Å². The standard InChI is InChI=1S/C15H29N/c1-16-15-12-8-4-7-11-14(15)13-9-5-2-3-6-10-13/h13-16H,2-12H2,1H3. The summed E-state index contributed by atoms with van der Waals surface area (Å²) in [6, 6.07) is 0.825. The first-order valence-electron chi connectivity index (χ1n) is 7.59. The first kappa shape index (κ1) is 12.4. The van der Waals surface area contributed by atoms with E-state index in [0.717, 1.165) is 17.9 Å². The van der Waals surface area contributed by atoms with E-state index in [-0.39, 0.29) is 0 Å². The Morgan fingerprint density at radius 1 is 0.688 bits per heavy atom. The predicted octanol–water partition coefficient (Wildman–Crippen LogP) is 4.13. The van der Waals surface area contributed by atoms with Crippen LogP contribution in [0.2, 0.25) is 0 Å². The summed E-state index contributed by atoms with van der Waals surface area (Å²) in [4.78, 5) is 0. The van der Waals surface area contributed by atoms with Gasteiger partial charge < -0.3 is 5.32 Å². The maximum atomic E-state index is 3.61. The van der Waals surface area contributed by atoms with Gasteiger partial charge in [0.2, 0.25) is 0 Å². The van der Waals surface area contributed by atoms with Gasteiger partial charge in [-0.1, -0.05) is 57.8 Å². The zero-order chi connectivity index (χ0) is 11.2. The molecule has 2 aliphatic carbocycles. The predicted molar refractivity (Wildman–Crippen MR) is 70.6 cm³/mol. The van der Waals surface area contributed by atoms with Crippen LogP contribution < -0.4 is 5.32 Å². The van der Waals surface area contributed by atoms with Gasteiger partial charge in [-0.2, -0.15) is 0 Å². The van der Waals surface area contributed by atoms with E-state index >= 15 is 0 Å². The Hall–Kier alpha value is -0.0400. The Kier molecular flexibility index (Phi) is 5.15. The zero-order valence-electron chi connectivity index (χ0n) is 11.0. The zero-order valence-corrected chi connectivity index (χ0v) is 11.0. The molecule has 16 heavy (non-hydrogen) atoms. The summed E-state index contributed by atoms with van der Waals surface area (Å²) in [7, 11) is 2.18. The van der Waals surface area contributed by atoms with Crippen molar-refractivity contribution in [2.45, 2.75) is 76.7 Å². The quantitative estimate of drug-likeness (QED) is 0.694. The van der Waals surface area contributed by atoms with Crippen LogP contribution in [0.15, 0.2) is 0 Å². The van der Waals surface area contributed by atoms with Gasteiger partial charge in [-0.15, -0.1) is 0 Å². The molecule has 1 heteroatoms. The molecule has 0 radical (unpaired) electrons. The Bertz CT molecular complexity index is 182. The van der Waals surface area contributed by atoms with E-state index in [0.29, 0.717) is 0 Å². The Morgan fingerprint density at radius 2 is 1.25 bits per heavy atom.